The third-order valence-electron chi connectivity index (χ3n) is 11.7. The topological polar surface area (TPSA) is 36.1 Å². The Kier molecular flexibility index (Phi) is 6.13. The molecule has 4 heterocycles. The third kappa shape index (κ3) is 3.77. The van der Waals surface area contributed by atoms with Gasteiger partial charge in [0.1, 0.15) is 0 Å². The molecule has 0 spiro atoms. The van der Waals surface area contributed by atoms with E-state index in [0.29, 0.717) is 0 Å². The van der Waals surface area contributed by atoms with E-state index >= 15 is 0 Å². The predicted octanol–water partition coefficient (Wildman–Crippen LogP) is 6.71. The first-order chi connectivity index (χ1) is 26.8. The summed E-state index contributed by atoms with van der Waals surface area (Å²) in [6.07, 6.45) is 0. The van der Waals surface area contributed by atoms with Gasteiger partial charge in [0.05, 0.1) is 22.1 Å². The summed E-state index contributed by atoms with van der Waals surface area (Å²) < 4.78 is 19.9. The maximum Gasteiger partial charge on any atom is 0.252 e. The third-order valence-corrected chi connectivity index (χ3v) is 16.5. The van der Waals surface area contributed by atoms with E-state index in [4.69, 9.17) is 8.83 Å². The van der Waals surface area contributed by atoms with Crippen LogP contribution in [0.2, 0.25) is 0 Å². The highest BCUT2D eigenvalue weighted by atomic mass is 28.3. The minimum Gasteiger partial charge on any atom is -0.453 e. The fraction of sp³-hybridized carbons (Fsp3) is 0. The first kappa shape index (κ1) is 29.8. The van der Waals surface area contributed by atoms with Crippen LogP contribution in [0.4, 0.5) is 0 Å². The van der Waals surface area contributed by atoms with Gasteiger partial charge in [-0.2, -0.15) is 0 Å². The summed E-state index contributed by atoms with van der Waals surface area (Å²) in [6, 6.07) is 68.1. The van der Waals surface area contributed by atoms with E-state index in [2.05, 4.69) is 197 Å². The van der Waals surface area contributed by atoms with Crippen LogP contribution in [0, 0.1) is 0 Å². The smallest absolute Gasteiger partial charge is 0.252 e. The molecular weight excluding hydrogens is 675 g/mol. The molecule has 0 fully saturated rings. The molecule has 6 heteroatoms. The largest absolute Gasteiger partial charge is 0.453 e. The number of para-hydroxylation sites is 6. The van der Waals surface area contributed by atoms with Crippen LogP contribution in [0.5, 0.6) is 0 Å². The van der Waals surface area contributed by atoms with Gasteiger partial charge >= 0.3 is 0 Å². The van der Waals surface area contributed by atoms with Crippen molar-refractivity contribution in [1.29, 1.82) is 0 Å². The van der Waals surface area contributed by atoms with Crippen molar-refractivity contribution in [2.45, 2.75) is 0 Å². The van der Waals surface area contributed by atoms with Crippen molar-refractivity contribution in [3.8, 4) is 11.4 Å². The average Bonchev–Trinajstić information content (AvgIpc) is 3.25. The molecular formula is C48H31BN2O2Si. The second-order valence-corrected chi connectivity index (χ2v) is 18.1. The van der Waals surface area contributed by atoms with Crippen LogP contribution in [0.3, 0.4) is 0 Å². The van der Waals surface area contributed by atoms with Crippen molar-refractivity contribution in [2.75, 3.05) is 0 Å². The van der Waals surface area contributed by atoms with E-state index in [-0.39, 0.29) is 6.71 Å². The van der Waals surface area contributed by atoms with Crippen LogP contribution in [0.15, 0.2) is 197 Å². The summed E-state index contributed by atoms with van der Waals surface area (Å²) in [7, 11) is -3.26. The quantitative estimate of drug-likeness (QED) is 0.116. The zero-order chi connectivity index (χ0) is 35.4. The van der Waals surface area contributed by atoms with Crippen LogP contribution >= 0.6 is 0 Å². The number of fused-ring (bicyclic) bond motifs is 10. The van der Waals surface area contributed by atoms with Crippen LogP contribution in [-0.2, 0) is 0 Å². The lowest BCUT2D eigenvalue weighted by molar-refractivity contribution is 0.644. The van der Waals surface area contributed by atoms with Gasteiger partial charge in [-0.25, -0.2) is 0 Å². The SMILES string of the molecule is c1ccc([Si](c2ccccc2)(c2ccccc2)c2c3oc4ccccc4n4c3c3c5c2oc2ccccc2n5-c2ccccc2B3c2ccccc2-4)cc1. The van der Waals surface area contributed by atoms with Gasteiger partial charge < -0.3 is 18.0 Å². The molecule has 0 bridgehead atoms. The first-order valence-electron chi connectivity index (χ1n) is 18.6. The Balaban J connectivity index is 1.46. The zero-order valence-corrected chi connectivity index (χ0v) is 30.2. The Labute approximate surface area is 312 Å². The van der Waals surface area contributed by atoms with Crippen molar-refractivity contribution in [2.24, 2.45) is 0 Å². The van der Waals surface area contributed by atoms with Crippen molar-refractivity contribution < 1.29 is 8.83 Å². The van der Waals surface area contributed by atoms with E-state index < -0.39 is 8.07 Å². The Morgan fingerprint density at radius 2 is 0.759 bits per heavy atom. The van der Waals surface area contributed by atoms with Gasteiger partial charge in [-0.15, -0.1) is 0 Å². The molecule has 0 radical (unpaired) electrons. The lowest BCUT2D eigenvalue weighted by atomic mass is 9.34. The summed E-state index contributed by atoms with van der Waals surface area (Å²) in [5, 5.41) is 4.88. The Morgan fingerprint density at radius 1 is 0.389 bits per heavy atom. The van der Waals surface area contributed by atoms with Gasteiger partial charge in [0.25, 0.3) is 6.71 Å². The monoisotopic (exact) mass is 706 g/mol. The number of hydrogen-bond acceptors (Lipinski definition) is 2. The van der Waals surface area contributed by atoms with E-state index in [1.807, 2.05) is 0 Å². The molecule has 2 aliphatic rings. The van der Waals surface area contributed by atoms with Crippen molar-refractivity contribution in [1.82, 2.24) is 9.13 Å². The average molecular weight is 707 g/mol. The van der Waals surface area contributed by atoms with Crippen LogP contribution in [0.25, 0.3) is 55.8 Å². The fourth-order valence-corrected chi connectivity index (χ4v) is 14.7. The molecule has 0 amide bonds. The fourth-order valence-electron chi connectivity index (χ4n) is 9.72. The molecule has 0 unspecified atom stereocenters. The van der Waals surface area contributed by atoms with E-state index in [1.165, 1.54) is 43.3 Å². The van der Waals surface area contributed by atoms with E-state index in [0.717, 1.165) is 49.6 Å². The number of benzene rings is 8. The second kappa shape index (κ2) is 11.1. The standard InChI is InChI=1S/C48H31BN2O2Si/c1-4-18-32(19-5-1)54(33-20-6-2-7-21-33,34-22-8-3-9-23-34)48-46-44-43-45-47(48)53-42-31-17-15-29-40(42)51(45)38-27-13-11-25-36(38)49(43)35-24-10-12-26-37(35)50(44)39-28-14-16-30-41(39)52-46/h1-31H. The molecule has 12 rings (SSSR count). The number of hydrogen-bond donors (Lipinski definition) is 0. The van der Waals surface area contributed by atoms with E-state index in [9.17, 15) is 0 Å². The Bertz CT molecular complexity index is 2930. The maximum absolute atomic E-state index is 7.49. The summed E-state index contributed by atoms with van der Waals surface area (Å²) in [4.78, 5) is 0. The number of rotatable bonds is 4. The molecule has 0 atom stereocenters. The lowest BCUT2D eigenvalue weighted by Crippen LogP contribution is -2.75. The molecule has 54 heavy (non-hydrogen) atoms. The molecule has 4 nitrogen and oxygen atoms in total. The minimum atomic E-state index is -3.26. The van der Waals surface area contributed by atoms with Crippen LogP contribution in [0.1, 0.15) is 0 Å². The predicted molar refractivity (Wildman–Crippen MR) is 226 cm³/mol. The van der Waals surface area contributed by atoms with E-state index in [1.54, 1.807) is 0 Å². The number of nitrogens with zero attached hydrogens (tertiary/aromatic N) is 2. The highest BCUT2D eigenvalue weighted by Gasteiger charge is 2.49. The van der Waals surface area contributed by atoms with Gasteiger partial charge in [0, 0.05) is 16.6 Å². The normalized spacial score (nSPS) is 12.8. The second-order valence-electron chi connectivity index (χ2n) is 14.4. The summed E-state index contributed by atoms with van der Waals surface area (Å²) in [6.45, 7) is -0.0367. The molecule has 2 aromatic heterocycles. The molecule has 0 aliphatic carbocycles. The maximum atomic E-state index is 7.49. The Hall–Kier alpha value is -6.76. The molecule has 0 saturated heterocycles. The van der Waals surface area contributed by atoms with Crippen molar-refractivity contribution >= 4 is 96.3 Å². The highest BCUT2D eigenvalue weighted by Crippen LogP contribution is 2.37. The molecule has 10 aromatic rings. The minimum absolute atomic E-state index is 0.0367. The molecule has 8 aromatic carbocycles. The molecule has 2 aliphatic heterocycles. The van der Waals surface area contributed by atoms with Gasteiger partial charge in [0.15, 0.2) is 30.4 Å². The zero-order valence-electron chi connectivity index (χ0n) is 29.2. The Morgan fingerprint density at radius 3 is 1.20 bits per heavy atom. The summed E-state index contributed by atoms with van der Waals surface area (Å²) >= 11 is 0. The van der Waals surface area contributed by atoms with Gasteiger partial charge in [-0.1, -0.05) is 152 Å². The molecule has 252 valence electrons. The van der Waals surface area contributed by atoms with Crippen molar-refractivity contribution in [3.63, 3.8) is 0 Å². The first-order valence-corrected chi connectivity index (χ1v) is 20.6. The highest BCUT2D eigenvalue weighted by molar-refractivity contribution is 7.21. The summed E-state index contributed by atoms with van der Waals surface area (Å²) in [5.41, 5.74) is 13.7. The van der Waals surface area contributed by atoms with Gasteiger partial charge in [-0.3, -0.25) is 0 Å². The lowest BCUT2D eigenvalue weighted by Gasteiger charge is -2.39. The van der Waals surface area contributed by atoms with Gasteiger partial charge in [0.2, 0.25) is 0 Å². The van der Waals surface area contributed by atoms with Crippen molar-refractivity contribution in [3.05, 3.63) is 188 Å². The van der Waals surface area contributed by atoms with Crippen LogP contribution in [-0.4, -0.2) is 23.9 Å². The summed E-state index contributed by atoms with van der Waals surface area (Å²) in [5.74, 6) is 0. The van der Waals surface area contributed by atoms with Gasteiger partial charge in [-0.05, 0) is 68.3 Å². The molecule has 0 saturated carbocycles. The van der Waals surface area contributed by atoms with Crippen LogP contribution < -0.4 is 37.1 Å². The molecule has 0 N–H and O–H groups in total. The number of aromatic nitrogens is 2.